The number of hydrogen-bond donors (Lipinski definition) is 3. The van der Waals surface area contributed by atoms with Crippen LogP contribution in [0, 0.1) is 11.3 Å². The third-order valence-electron chi connectivity index (χ3n) is 3.39. The Morgan fingerprint density at radius 1 is 1.27 bits per heavy atom. The van der Waals surface area contributed by atoms with Gasteiger partial charge >= 0.3 is 0 Å². The molecule has 3 N–H and O–H groups in total. The van der Waals surface area contributed by atoms with E-state index in [9.17, 15) is 9.79 Å². The lowest BCUT2D eigenvalue weighted by Gasteiger charge is -2.46. The van der Waals surface area contributed by atoms with Crippen molar-refractivity contribution in [3.63, 3.8) is 0 Å². The fraction of sp³-hybridized carbons (Fsp3) is 0.929. The molecule has 0 bridgehead atoms. The lowest BCUT2D eigenvalue weighted by molar-refractivity contribution is -0.0805. The lowest BCUT2D eigenvalue weighted by atomic mass is 10.0. The van der Waals surface area contributed by atoms with Crippen LogP contribution < -0.4 is 5.43 Å². The average Bonchev–Trinajstić information content (AvgIpc) is 2.34. The van der Waals surface area contributed by atoms with Gasteiger partial charge in [0.25, 0.3) is 8.53 Å². The molecule has 0 saturated heterocycles. The Hall–Kier alpha value is -0.0631. The molecule has 0 aromatic heterocycles. The van der Waals surface area contributed by atoms with Crippen molar-refractivity contribution < 1.29 is 9.79 Å². The molecule has 0 saturated carbocycles. The molecule has 0 aliphatic heterocycles. The Kier molecular flexibility index (Phi) is 9.26. The first-order valence-electron chi connectivity index (χ1n) is 7.79. The van der Waals surface area contributed by atoms with Crippen LogP contribution >= 0.6 is 8.53 Å². The van der Waals surface area contributed by atoms with Gasteiger partial charge < -0.3 is 9.79 Å². The Balaban J connectivity index is 5.24. The number of nitrogens with zero attached hydrogens (tertiary/aromatic N) is 3. The second-order valence-corrected chi connectivity index (χ2v) is 14.3. The predicted octanol–water partition coefficient (Wildman–Crippen LogP) is 3.05. The molecule has 22 heavy (non-hydrogen) atoms. The van der Waals surface area contributed by atoms with Crippen molar-refractivity contribution in [3.8, 4) is 6.07 Å². The van der Waals surface area contributed by atoms with Crippen LogP contribution in [0.1, 0.15) is 40.5 Å². The quantitative estimate of drug-likeness (QED) is 0.320. The molecule has 0 spiro atoms. The molecule has 8 heteroatoms. The number of rotatable bonds is 10. The Labute approximate surface area is 138 Å². The van der Waals surface area contributed by atoms with Crippen molar-refractivity contribution in [1.29, 1.82) is 5.26 Å². The Bertz CT molecular complexity index is 367. The van der Waals surface area contributed by atoms with Gasteiger partial charge in [0.2, 0.25) is 0 Å². The monoisotopic (exact) mass is 348 g/mol. The molecule has 6 nitrogen and oxygen atoms in total. The number of nitrogens with one attached hydrogen (secondary N) is 1. The van der Waals surface area contributed by atoms with E-state index in [1.54, 1.807) is 0 Å². The van der Waals surface area contributed by atoms with E-state index in [1.165, 1.54) is 4.89 Å². The second-order valence-electron chi connectivity index (χ2n) is 7.75. The fourth-order valence-electron chi connectivity index (χ4n) is 2.07. The minimum atomic E-state index is -2.31. The molecule has 0 radical (unpaired) electrons. The van der Waals surface area contributed by atoms with E-state index in [-0.39, 0.29) is 11.6 Å². The maximum atomic E-state index is 9.79. The SMILES string of the molecule is CC(C)NN(N(CCC#N)C(C)(C)CC[Si](C)(C)C)P(O)O. The third-order valence-corrected chi connectivity index (χ3v) is 5.81. The van der Waals surface area contributed by atoms with Crippen molar-refractivity contribution in [2.75, 3.05) is 6.54 Å². The second kappa shape index (κ2) is 9.29. The molecule has 0 rings (SSSR count). The molecule has 0 aliphatic rings. The highest BCUT2D eigenvalue weighted by Gasteiger charge is 2.36. The van der Waals surface area contributed by atoms with Crippen molar-refractivity contribution in [3.05, 3.63) is 0 Å². The van der Waals surface area contributed by atoms with Crippen molar-refractivity contribution >= 4 is 16.6 Å². The van der Waals surface area contributed by atoms with Crippen LogP contribution in [0.15, 0.2) is 0 Å². The highest BCUT2D eigenvalue weighted by Crippen LogP contribution is 2.36. The first-order valence-corrected chi connectivity index (χ1v) is 12.7. The minimum absolute atomic E-state index is 0.0710. The summed E-state index contributed by atoms with van der Waals surface area (Å²) in [6, 6.07) is 3.36. The van der Waals surface area contributed by atoms with Crippen LogP contribution in [0.3, 0.4) is 0 Å². The molecular formula is C14H33N4O2PSi. The van der Waals surface area contributed by atoms with Crippen molar-refractivity contribution in [2.24, 2.45) is 0 Å². The summed E-state index contributed by atoms with van der Waals surface area (Å²) in [6.07, 6.45) is 1.30. The zero-order valence-corrected chi connectivity index (χ0v) is 17.0. The largest absolute Gasteiger partial charge is 0.336 e. The minimum Gasteiger partial charge on any atom is -0.336 e. The standard InChI is InChI=1S/C14H33N4O2PSi/c1-13(2)16-18(21(19)20)17(11-8-10-15)14(3,4)9-12-22(5,6)7/h13,16,19-20H,8-9,11-12H2,1-7H3. The maximum Gasteiger partial charge on any atom is 0.283 e. The number of hydrazine groups is 2. The van der Waals surface area contributed by atoms with E-state index in [1.807, 2.05) is 18.9 Å². The molecule has 0 aliphatic carbocycles. The zero-order valence-electron chi connectivity index (χ0n) is 15.1. The van der Waals surface area contributed by atoms with E-state index in [0.29, 0.717) is 13.0 Å². The van der Waals surface area contributed by atoms with Crippen LogP contribution in [0.4, 0.5) is 0 Å². The zero-order chi connectivity index (χ0) is 17.6. The van der Waals surface area contributed by atoms with E-state index >= 15 is 0 Å². The van der Waals surface area contributed by atoms with E-state index in [4.69, 9.17) is 5.26 Å². The average molecular weight is 349 g/mol. The number of nitriles is 1. The van der Waals surface area contributed by atoms with Gasteiger partial charge in [-0.25, -0.2) is 10.4 Å². The normalized spacial score (nSPS) is 13.5. The van der Waals surface area contributed by atoms with Crippen LogP contribution in [0.2, 0.25) is 25.7 Å². The highest BCUT2D eigenvalue weighted by atomic mass is 31.2. The summed E-state index contributed by atoms with van der Waals surface area (Å²) in [5.74, 6) is 0. The third kappa shape index (κ3) is 8.54. The lowest BCUT2D eigenvalue weighted by Crippen LogP contribution is -2.58. The van der Waals surface area contributed by atoms with Crippen LogP contribution in [-0.2, 0) is 0 Å². The van der Waals surface area contributed by atoms with Gasteiger partial charge in [-0.05, 0) is 34.1 Å². The van der Waals surface area contributed by atoms with Gasteiger partial charge in [-0.2, -0.15) is 5.26 Å². The first kappa shape index (κ1) is 21.9. The number of hydrogen-bond acceptors (Lipinski definition) is 6. The molecular weight excluding hydrogens is 315 g/mol. The van der Waals surface area contributed by atoms with Gasteiger partial charge in [-0.15, -0.1) is 4.89 Å². The van der Waals surface area contributed by atoms with E-state index < -0.39 is 16.6 Å². The smallest absolute Gasteiger partial charge is 0.283 e. The van der Waals surface area contributed by atoms with Crippen LogP contribution in [0.25, 0.3) is 0 Å². The molecule has 0 fully saturated rings. The summed E-state index contributed by atoms with van der Waals surface area (Å²) in [7, 11) is -3.49. The predicted molar refractivity (Wildman–Crippen MR) is 95.3 cm³/mol. The molecule has 0 amide bonds. The topological polar surface area (TPSA) is 82.8 Å². The van der Waals surface area contributed by atoms with Gasteiger partial charge in [0.15, 0.2) is 0 Å². The van der Waals surface area contributed by atoms with Gasteiger partial charge in [-0.3, -0.25) is 0 Å². The molecule has 0 atom stereocenters. The van der Waals surface area contributed by atoms with Gasteiger partial charge in [0.05, 0.1) is 6.07 Å². The van der Waals surface area contributed by atoms with Gasteiger partial charge in [0.1, 0.15) is 0 Å². The molecule has 0 aromatic rings. The highest BCUT2D eigenvalue weighted by molar-refractivity contribution is 7.42. The molecule has 0 heterocycles. The van der Waals surface area contributed by atoms with E-state index in [0.717, 1.165) is 12.5 Å². The Morgan fingerprint density at radius 3 is 2.18 bits per heavy atom. The first-order chi connectivity index (χ1) is 9.90. The van der Waals surface area contributed by atoms with Crippen LogP contribution in [-0.4, -0.2) is 45.9 Å². The van der Waals surface area contributed by atoms with Crippen LogP contribution in [0.5, 0.6) is 0 Å². The fourth-order valence-corrected chi connectivity index (χ4v) is 4.29. The maximum absolute atomic E-state index is 9.79. The summed E-state index contributed by atoms with van der Waals surface area (Å²) in [5.41, 5.74) is 2.82. The van der Waals surface area contributed by atoms with E-state index in [2.05, 4.69) is 45.0 Å². The van der Waals surface area contributed by atoms with Crippen molar-refractivity contribution in [2.45, 2.75) is 77.8 Å². The van der Waals surface area contributed by atoms with Crippen molar-refractivity contribution in [1.82, 2.24) is 15.3 Å². The van der Waals surface area contributed by atoms with Gasteiger partial charge in [-0.1, -0.05) is 25.7 Å². The molecule has 0 unspecified atom stereocenters. The van der Waals surface area contributed by atoms with Gasteiger partial charge in [0, 0.05) is 32.6 Å². The summed E-state index contributed by atoms with van der Waals surface area (Å²) >= 11 is 0. The molecule has 130 valence electrons. The Morgan fingerprint density at radius 2 is 1.82 bits per heavy atom. The molecule has 0 aromatic carbocycles. The summed E-state index contributed by atoms with van der Waals surface area (Å²) in [4.78, 5) is 21.0. The summed E-state index contributed by atoms with van der Waals surface area (Å²) in [5, 5.41) is 10.8. The summed E-state index contributed by atoms with van der Waals surface area (Å²) in [6.45, 7) is 15.5. The summed E-state index contributed by atoms with van der Waals surface area (Å²) < 4.78 is 0.